The molecular formula is C17H15BrFNO3. The summed E-state index contributed by atoms with van der Waals surface area (Å²) in [5.41, 5.74) is 0.331. The van der Waals surface area contributed by atoms with E-state index in [9.17, 15) is 9.18 Å². The Bertz CT molecular complexity index is 936. The molecule has 3 rings (SSSR count). The van der Waals surface area contributed by atoms with Crippen LogP contribution in [-0.2, 0) is 0 Å². The van der Waals surface area contributed by atoms with Crippen molar-refractivity contribution in [3.05, 3.63) is 50.8 Å². The monoisotopic (exact) mass is 379 g/mol. The van der Waals surface area contributed by atoms with Crippen molar-refractivity contribution in [2.75, 3.05) is 27.2 Å². The molecule has 0 amide bonds. The van der Waals surface area contributed by atoms with Crippen molar-refractivity contribution in [3.8, 4) is 5.75 Å². The second-order valence-corrected chi connectivity index (χ2v) is 6.42. The molecule has 0 atom stereocenters. The van der Waals surface area contributed by atoms with Gasteiger partial charge in [0, 0.05) is 17.1 Å². The average Bonchev–Trinajstić information content (AvgIpc) is 2.48. The molecule has 0 bridgehead atoms. The maximum atomic E-state index is 13.4. The van der Waals surface area contributed by atoms with Gasteiger partial charge < -0.3 is 14.1 Å². The van der Waals surface area contributed by atoms with Crippen LogP contribution in [0.2, 0.25) is 0 Å². The first kappa shape index (κ1) is 16.0. The lowest BCUT2D eigenvalue weighted by molar-refractivity contribution is 0.261. The number of hydrogen-bond acceptors (Lipinski definition) is 4. The van der Waals surface area contributed by atoms with Crippen LogP contribution < -0.4 is 10.2 Å². The van der Waals surface area contributed by atoms with Crippen LogP contribution >= 0.6 is 15.9 Å². The zero-order valence-corrected chi connectivity index (χ0v) is 14.3. The summed E-state index contributed by atoms with van der Waals surface area (Å²) in [5, 5.41) is 0.745. The lowest BCUT2D eigenvalue weighted by Crippen LogP contribution is -2.19. The van der Waals surface area contributed by atoms with Gasteiger partial charge in [0.25, 0.3) is 0 Å². The molecule has 23 heavy (non-hydrogen) atoms. The minimum Gasteiger partial charge on any atom is -0.488 e. The number of nitrogens with zero attached hydrogens (tertiary/aromatic N) is 1. The van der Waals surface area contributed by atoms with Crippen LogP contribution in [0.4, 0.5) is 4.39 Å². The summed E-state index contributed by atoms with van der Waals surface area (Å²) in [6.07, 6.45) is 0. The molecule has 3 aromatic rings. The van der Waals surface area contributed by atoms with E-state index in [4.69, 9.17) is 9.15 Å². The number of halogens is 2. The molecule has 0 N–H and O–H groups in total. The normalized spacial score (nSPS) is 11.5. The fourth-order valence-corrected chi connectivity index (χ4v) is 2.75. The van der Waals surface area contributed by atoms with Gasteiger partial charge in [0.05, 0.1) is 10.8 Å². The van der Waals surface area contributed by atoms with Crippen LogP contribution in [0.1, 0.15) is 0 Å². The standard InChI is InChI=1S/C17H15BrFNO3/c1-20(2)5-6-22-15-8-10(18)7-13-16(21)12-4-3-11(19)9-14(12)23-17(13)15/h3-4,7-9H,5-6H2,1-2H3. The Balaban J connectivity index is 2.20. The van der Waals surface area contributed by atoms with Crippen molar-refractivity contribution in [2.45, 2.75) is 0 Å². The van der Waals surface area contributed by atoms with Gasteiger partial charge in [-0.05, 0) is 38.4 Å². The smallest absolute Gasteiger partial charge is 0.200 e. The number of rotatable bonds is 4. The van der Waals surface area contributed by atoms with Crippen molar-refractivity contribution >= 4 is 37.9 Å². The fraction of sp³-hybridized carbons (Fsp3) is 0.235. The lowest BCUT2D eigenvalue weighted by atomic mass is 10.1. The van der Waals surface area contributed by atoms with Crippen molar-refractivity contribution in [3.63, 3.8) is 0 Å². The van der Waals surface area contributed by atoms with Gasteiger partial charge in [-0.3, -0.25) is 4.79 Å². The van der Waals surface area contributed by atoms with E-state index in [1.165, 1.54) is 18.2 Å². The second kappa shape index (κ2) is 6.29. The summed E-state index contributed by atoms with van der Waals surface area (Å²) in [7, 11) is 3.89. The average molecular weight is 380 g/mol. The predicted molar refractivity (Wildman–Crippen MR) is 91.7 cm³/mol. The second-order valence-electron chi connectivity index (χ2n) is 5.50. The van der Waals surface area contributed by atoms with E-state index < -0.39 is 5.82 Å². The molecule has 1 aromatic heterocycles. The number of likely N-dealkylation sites (N-methyl/N-ethyl adjacent to an activating group) is 1. The zero-order chi connectivity index (χ0) is 16.6. The van der Waals surface area contributed by atoms with E-state index in [-0.39, 0.29) is 11.0 Å². The number of hydrogen-bond donors (Lipinski definition) is 0. The summed E-state index contributed by atoms with van der Waals surface area (Å²) in [6, 6.07) is 7.32. The first-order chi connectivity index (χ1) is 11.0. The first-order valence-electron chi connectivity index (χ1n) is 7.09. The van der Waals surface area contributed by atoms with Crippen LogP contribution in [0.15, 0.2) is 44.0 Å². The van der Waals surface area contributed by atoms with E-state index >= 15 is 0 Å². The Morgan fingerprint density at radius 2 is 2.00 bits per heavy atom. The zero-order valence-electron chi connectivity index (χ0n) is 12.7. The maximum Gasteiger partial charge on any atom is 0.200 e. The molecule has 1 heterocycles. The first-order valence-corrected chi connectivity index (χ1v) is 7.88. The molecule has 0 aliphatic rings. The van der Waals surface area contributed by atoms with Crippen molar-refractivity contribution < 1.29 is 13.5 Å². The van der Waals surface area contributed by atoms with Crippen molar-refractivity contribution in [1.82, 2.24) is 4.90 Å². The SMILES string of the molecule is CN(C)CCOc1cc(Br)cc2c(=O)c3ccc(F)cc3oc12. The van der Waals surface area contributed by atoms with Crippen LogP contribution in [-0.4, -0.2) is 32.1 Å². The molecule has 120 valence electrons. The van der Waals surface area contributed by atoms with Gasteiger partial charge in [-0.15, -0.1) is 0 Å². The van der Waals surface area contributed by atoms with Gasteiger partial charge in [0.15, 0.2) is 11.3 Å². The van der Waals surface area contributed by atoms with E-state index in [0.29, 0.717) is 28.7 Å². The minimum absolute atomic E-state index is 0.208. The lowest BCUT2D eigenvalue weighted by Gasteiger charge is -2.13. The largest absolute Gasteiger partial charge is 0.488 e. The summed E-state index contributed by atoms with van der Waals surface area (Å²) in [4.78, 5) is 14.6. The van der Waals surface area contributed by atoms with Crippen molar-refractivity contribution in [1.29, 1.82) is 0 Å². The number of fused-ring (bicyclic) bond motifs is 2. The highest BCUT2D eigenvalue weighted by Crippen LogP contribution is 2.31. The van der Waals surface area contributed by atoms with Gasteiger partial charge >= 0.3 is 0 Å². The van der Waals surface area contributed by atoms with E-state index in [0.717, 1.165) is 11.0 Å². The topological polar surface area (TPSA) is 42.7 Å². The van der Waals surface area contributed by atoms with Gasteiger partial charge in [0.2, 0.25) is 5.43 Å². The Kier molecular flexibility index (Phi) is 4.37. The molecule has 0 fully saturated rings. The third kappa shape index (κ3) is 3.23. The summed E-state index contributed by atoms with van der Waals surface area (Å²) >= 11 is 3.38. The maximum absolute atomic E-state index is 13.4. The Labute approximate surface area is 140 Å². The molecule has 0 unspecified atom stereocenters. The molecule has 6 heteroatoms. The minimum atomic E-state index is -0.452. The molecule has 2 aromatic carbocycles. The highest BCUT2D eigenvalue weighted by Gasteiger charge is 2.14. The molecule has 0 saturated carbocycles. The molecule has 0 aliphatic heterocycles. The summed E-state index contributed by atoms with van der Waals surface area (Å²) in [6.45, 7) is 1.17. The van der Waals surface area contributed by atoms with Gasteiger partial charge in [-0.25, -0.2) is 4.39 Å². The van der Waals surface area contributed by atoms with Crippen molar-refractivity contribution in [2.24, 2.45) is 0 Å². The quantitative estimate of drug-likeness (QED) is 0.646. The number of benzene rings is 2. The van der Waals surface area contributed by atoms with Crippen LogP contribution in [0.5, 0.6) is 5.75 Å². The molecule has 4 nitrogen and oxygen atoms in total. The highest BCUT2D eigenvalue weighted by molar-refractivity contribution is 9.10. The predicted octanol–water partition coefficient (Wildman–Crippen LogP) is 3.79. The summed E-state index contributed by atoms with van der Waals surface area (Å²) < 4.78 is 25.6. The Hall–Kier alpha value is -1.92. The van der Waals surface area contributed by atoms with Crippen LogP contribution in [0.3, 0.4) is 0 Å². The van der Waals surface area contributed by atoms with Gasteiger partial charge in [-0.2, -0.15) is 0 Å². The summed E-state index contributed by atoms with van der Waals surface area (Å²) in [5.74, 6) is 0.00618. The molecule has 0 saturated heterocycles. The third-order valence-corrected chi connectivity index (χ3v) is 3.92. The van der Waals surface area contributed by atoms with Gasteiger partial charge in [0.1, 0.15) is 18.0 Å². The highest BCUT2D eigenvalue weighted by atomic mass is 79.9. The molecule has 0 spiro atoms. The van der Waals surface area contributed by atoms with Crippen LogP contribution in [0.25, 0.3) is 21.9 Å². The third-order valence-electron chi connectivity index (χ3n) is 3.46. The molecular weight excluding hydrogens is 365 g/mol. The van der Waals surface area contributed by atoms with Crippen LogP contribution in [0, 0.1) is 5.82 Å². The fourth-order valence-electron chi connectivity index (χ4n) is 2.31. The van der Waals surface area contributed by atoms with E-state index in [1.54, 1.807) is 12.1 Å². The van der Waals surface area contributed by atoms with E-state index in [2.05, 4.69) is 15.9 Å². The Morgan fingerprint density at radius 3 is 2.74 bits per heavy atom. The molecule has 0 radical (unpaired) electrons. The molecule has 0 aliphatic carbocycles. The Morgan fingerprint density at radius 1 is 1.22 bits per heavy atom. The van der Waals surface area contributed by atoms with E-state index in [1.807, 2.05) is 19.0 Å². The number of ether oxygens (including phenoxy) is 1. The van der Waals surface area contributed by atoms with Gasteiger partial charge in [-0.1, -0.05) is 15.9 Å².